The fourth-order valence-electron chi connectivity index (χ4n) is 2.26. The Morgan fingerprint density at radius 1 is 0.958 bits per heavy atom. The van der Waals surface area contributed by atoms with E-state index in [0.717, 1.165) is 26.7 Å². The van der Waals surface area contributed by atoms with Crippen molar-refractivity contribution in [2.45, 2.75) is 6.92 Å². The molecule has 0 aliphatic rings. The minimum Gasteiger partial charge on any atom is -0.437 e. The van der Waals surface area contributed by atoms with Gasteiger partial charge in [-0.3, -0.25) is 4.98 Å². The Morgan fingerprint density at radius 3 is 2.54 bits per heavy atom. The van der Waals surface area contributed by atoms with Gasteiger partial charge in [-0.1, -0.05) is 23.5 Å². The van der Waals surface area contributed by atoms with Crippen LogP contribution in [0.5, 0.6) is 11.6 Å². The van der Waals surface area contributed by atoms with Crippen molar-refractivity contribution in [2.24, 2.45) is 0 Å². The molecule has 4 aromatic rings. The highest BCUT2D eigenvalue weighted by molar-refractivity contribution is 7.22. The maximum Gasteiger partial charge on any atom is 0.240 e. The van der Waals surface area contributed by atoms with Gasteiger partial charge in [0.1, 0.15) is 5.75 Å². The lowest BCUT2D eigenvalue weighted by molar-refractivity contribution is 0.455. The monoisotopic (exact) mass is 334 g/mol. The van der Waals surface area contributed by atoms with Gasteiger partial charge in [0, 0.05) is 18.1 Å². The van der Waals surface area contributed by atoms with Gasteiger partial charge in [-0.25, -0.2) is 9.97 Å². The van der Waals surface area contributed by atoms with Crippen molar-refractivity contribution < 1.29 is 4.74 Å². The summed E-state index contributed by atoms with van der Waals surface area (Å²) in [4.78, 5) is 12.9. The molecule has 2 heterocycles. The molecule has 6 heteroatoms. The molecule has 0 bridgehead atoms. The molecule has 0 atom stereocenters. The van der Waals surface area contributed by atoms with E-state index >= 15 is 0 Å². The van der Waals surface area contributed by atoms with Crippen molar-refractivity contribution in [1.82, 2.24) is 15.0 Å². The van der Waals surface area contributed by atoms with Crippen LogP contribution in [0.2, 0.25) is 0 Å². The first kappa shape index (κ1) is 14.6. The van der Waals surface area contributed by atoms with Gasteiger partial charge in [0.2, 0.25) is 5.88 Å². The summed E-state index contributed by atoms with van der Waals surface area (Å²) in [5, 5.41) is 4.19. The molecule has 5 nitrogen and oxygen atoms in total. The van der Waals surface area contributed by atoms with Crippen LogP contribution < -0.4 is 10.1 Å². The third-order valence-corrected chi connectivity index (χ3v) is 4.40. The zero-order valence-electron chi connectivity index (χ0n) is 12.9. The number of hydrogen-bond donors (Lipinski definition) is 1. The van der Waals surface area contributed by atoms with Crippen LogP contribution in [0.25, 0.3) is 10.2 Å². The van der Waals surface area contributed by atoms with Gasteiger partial charge in [0.05, 0.1) is 15.9 Å². The van der Waals surface area contributed by atoms with E-state index in [4.69, 9.17) is 4.74 Å². The number of thiazole rings is 1. The summed E-state index contributed by atoms with van der Waals surface area (Å²) < 4.78 is 6.91. The summed E-state index contributed by atoms with van der Waals surface area (Å²) in [7, 11) is 0. The number of aryl methyl sites for hydroxylation is 1. The minimum absolute atomic E-state index is 0.518. The summed E-state index contributed by atoms with van der Waals surface area (Å²) in [6.45, 7) is 1.87. The van der Waals surface area contributed by atoms with Crippen LogP contribution in [0.15, 0.2) is 60.9 Å². The smallest absolute Gasteiger partial charge is 0.240 e. The highest BCUT2D eigenvalue weighted by Crippen LogP contribution is 2.29. The Hall–Kier alpha value is -2.99. The second-order valence-corrected chi connectivity index (χ2v) is 6.22. The molecular weight excluding hydrogens is 320 g/mol. The molecule has 0 spiro atoms. The molecule has 0 radical (unpaired) electrons. The van der Waals surface area contributed by atoms with Gasteiger partial charge in [0.15, 0.2) is 5.13 Å². The molecule has 0 amide bonds. The van der Waals surface area contributed by atoms with Crippen LogP contribution >= 0.6 is 11.3 Å². The molecule has 24 heavy (non-hydrogen) atoms. The number of hydrogen-bond acceptors (Lipinski definition) is 6. The van der Waals surface area contributed by atoms with E-state index in [1.807, 2.05) is 49.4 Å². The summed E-state index contributed by atoms with van der Waals surface area (Å²) in [5.41, 5.74) is 2.72. The zero-order chi connectivity index (χ0) is 16.4. The van der Waals surface area contributed by atoms with Crippen molar-refractivity contribution in [1.29, 1.82) is 0 Å². The molecule has 118 valence electrons. The van der Waals surface area contributed by atoms with Gasteiger partial charge in [0.25, 0.3) is 0 Å². The first-order chi connectivity index (χ1) is 11.8. The Bertz CT molecular complexity index is 949. The fourth-order valence-corrected chi connectivity index (χ4v) is 3.15. The molecule has 1 N–H and O–H groups in total. The van der Waals surface area contributed by atoms with Crippen LogP contribution in [0.4, 0.5) is 10.8 Å². The van der Waals surface area contributed by atoms with E-state index in [-0.39, 0.29) is 0 Å². The molecule has 0 unspecified atom stereocenters. The number of nitrogens with one attached hydrogen (secondary N) is 1. The maximum absolute atomic E-state index is 5.75. The van der Waals surface area contributed by atoms with Gasteiger partial charge in [-0.15, -0.1) is 0 Å². The van der Waals surface area contributed by atoms with E-state index in [2.05, 4.69) is 26.3 Å². The summed E-state index contributed by atoms with van der Waals surface area (Å²) in [5.74, 6) is 1.23. The average Bonchev–Trinajstić information content (AvgIpc) is 3.01. The van der Waals surface area contributed by atoms with E-state index in [1.54, 1.807) is 23.7 Å². The summed E-state index contributed by atoms with van der Waals surface area (Å²) in [6, 6.07) is 15.8. The fraction of sp³-hybridized carbons (Fsp3) is 0.0556. The molecular formula is C18H14N4OS. The van der Waals surface area contributed by atoms with E-state index < -0.39 is 0 Å². The first-order valence-electron chi connectivity index (χ1n) is 7.46. The van der Waals surface area contributed by atoms with Crippen LogP contribution in [-0.2, 0) is 0 Å². The van der Waals surface area contributed by atoms with Gasteiger partial charge in [-0.2, -0.15) is 0 Å². The summed E-state index contributed by atoms with van der Waals surface area (Å²) >= 11 is 1.63. The molecule has 2 aromatic carbocycles. The second-order valence-electron chi connectivity index (χ2n) is 5.19. The molecule has 0 aliphatic carbocycles. The molecule has 0 aliphatic heterocycles. The van der Waals surface area contributed by atoms with Crippen molar-refractivity contribution >= 4 is 32.4 Å². The van der Waals surface area contributed by atoms with Crippen molar-refractivity contribution in [2.75, 3.05) is 5.32 Å². The number of anilines is 2. The van der Waals surface area contributed by atoms with Crippen LogP contribution in [0.3, 0.4) is 0 Å². The third-order valence-electron chi connectivity index (χ3n) is 3.45. The van der Waals surface area contributed by atoms with Crippen molar-refractivity contribution in [3.63, 3.8) is 0 Å². The lowest BCUT2D eigenvalue weighted by Gasteiger charge is -2.07. The van der Waals surface area contributed by atoms with Gasteiger partial charge in [-0.05, 0) is 43.3 Å². The lowest BCUT2D eigenvalue weighted by atomic mass is 10.3. The number of nitrogens with zero attached hydrogens (tertiary/aromatic N) is 3. The minimum atomic E-state index is 0.518. The SMILES string of the molecule is Cc1nccnc1Oc1ccc(Nc2nc3ccccc3s2)cc1. The zero-order valence-corrected chi connectivity index (χ0v) is 13.7. The molecule has 0 saturated heterocycles. The Kier molecular flexibility index (Phi) is 3.80. The number of rotatable bonds is 4. The standard InChI is InChI=1S/C18H14N4OS/c1-12-17(20-11-10-19-12)23-14-8-6-13(7-9-14)21-18-22-15-4-2-3-5-16(15)24-18/h2-11H,1H3,(H,21,22). The summed E-state index contributed by atoms with van der Waals surface area (Å²) in [6.07, 6.45) is 3.26. The number of benzene rings is 2. The normalized spacial score (nSPS) is 10.7. The highest BCUT2D eigenvalue weighted by atomic mass is 32.1. The predicted molar refractivity (Wildman–Crippen MR) is 96.2 cm³/mol. The first-order valence-corrected chi connectivity index (χ1v) is 8.28. The third kappa shape index (κ3) is 3.04. The largest absolute Gasteiger partial charge is 0.437 e. The van der Waals surface area contributed by atoms with Crippen molar-refractivity contribution in [3.05, 3.63) is 66.6 Å². The van der Waals surface area contributed by atoms with Crippen LogP contribution in [0, 0.1) is 6.92 Å². The number of fused-ring (bicyclic) bond motifs is 1. The quantitative estimate of drug-likeness (QED) is 0.573. The van der Waals surface area contributed by atoms with E-state index in [1.165, 1.54) is 0 Å². The lowest BCUT2D eigenvalue weighted by Crippen LogP contribution is -1.93. The maximum atomic E-state index is 5.75. The predicted octanol–water partition coefficient (Wildman–Crippen LogP) is 4.93. The molecule has 4 rings (SSSR count). The number of para-hydroxylation sites is 1. The van der Waals surface area contributed by atoms with Crippen LogP contribution in [0.1, 0.15) is 5.69 Å². The Labute approximate surface area is 143 Å². The second kappa shape index (κ2) is 6.25. The van der Waals surface area contributed by atoms with E-state index in [0.29, 0.717) is 11.6 Å². The van der Waals surface area contributed by atoms with Gasteiger partial charge < -0.3 is 10.1 Å². The Balaban J connectivity index is 1.50. The molecule has 0 saturated carbocycles. The number of ether oxygens (including phenoxy) is 1. The number of aromatic nitrogens is 3. The average molecular weight is 334 g/mol. The topological polar surface area (TPSA) is 59.9 Å². The molecule has 2 aromatic heterocycles. The van der Waals surface area contributed by atoms with Crippen molar-refractivity contribution in [3.8, 4) is 11.6 Å². The van der Waals surface area contributed by atoms with Gasteiger partial charge >= 0.3 is 0 Å². The molecule has 0 fully saturated rings. The van der Waals surface area contributed by atoms with E-state index in [9.17, 15) is 0 Å². The Morgan fingerprint density at radius 2 is 1.75 bits per heavy atom. The van der Waals surface area contributed by atoms with Crippen LogP contribution in [-0.4, -0.2) is 15.0 Å². The highest BCUT2D eigenvalue weighted by Gasteiger charge is 2.05.